The molecule has 4 rings (SSSR count). The van der Waals surface area contributed by atoms with E-state index in [-0.39, 0.29) is 5.91 Å². The number of hydrogen-bond acceptors (Lipinski definition) is 2. The quantitative estimate of drug-likeness (QED) is 0.404. The third-order valence-corrected chi connectivity index (χ3v) is 4.53. The van der Waals surface area contributed by atoms with E-state index in [9.17, 15) is 4.79 Å². The van der Waals surface area contributed by atoms with Crippen LogP contribution in [-0.4, -0.2) is 17.1 Å². The summed E-state index contributed by atoms with van der Waals surface area (Å²) in [4.78, 5) is 16.1. The van der Waals surface area contributed by atoms with Gasteiger partial charge in [-0.3, -0.25) is 4.79 Å². The maximum Gasteiger partial charge on any atom is 0.252 e. The summed E-state index contributed by atoms with van der Waals surface area (Å²) in [5, 5.41) is 5.26. The van der Waals surface area contributed by atoms with Gasteiger partial charge in [-0.2, -0.15) is 5.10 Å². The Kier molecular flexibility index (Phi) is 4.79. The van der Waals surface area contributed by atoms with Crippen LogP contribution in [0.25, 0.3) is 10.9 Å². The third-order valence-electron chi connectivity index (χ3n) is 4.53. The Morgan fingerprint density at radius 3 is 2.11 bits per heavy atom. The van der Waals surface area contributed by atoms with Crippen molar-refractivity contribution in [3.63, 3.8) is 0 Å². The van der Waals surface area contributed by atoms with Crippen LogP contribution in [0, 0.1) is 0 Å². The largest absolute Gasteiger partial charge is 0.361 e. The van der Waals surface area contributed by atoms with Crippen LogP contribution in [0.1, 0.15) is 22.6 Å². The molecule has 0 saturated carbocycles. The number of carbonyl (C=O) groups is 1. The second-order valence-electron chi connectivity index (χ2n) is 6.28. The molecule has 27 heavy (non-hydrogen) atoms. The fourth-order valence-electron chi connectivity index (χ4n) is 3.22. The van der Waals surface area contributed by atoms with E-state index in [0.717, 1.165) is 27.6 Å². The zero-order chi connectivity index (χ0) is 18.5. The van der Waals surface area contributed by atoms with Crippen LogP contribution < -0.4 is 5.43 Å². The zero-order valence-corrected chi connectivity index (χ0v) is 14.7. The number of nitrogens with zero attached hydrogens (tertiary/aromatic N) is 1. The average Bonchev–Trinajstić information content (AvgIpc) is 3.13. The lowest BCUT2D eigenvalue weighted by atomic mass is 9.91. The Bertz CT molecular complexity index is 1030. The average molecular weight is 353 g/mol. The lowest BCUT2D eigenvalue weighted by Gasteiger charge is -2.16. The van der Waals surface area contributed by atoms with Crippen molar-refractivity contribution < 1.29 is 4.79 Å². The summed E-state index contributed by atoms with van der Waals surface area (Å²) in [6.07, 6.45) is 3.55. The van der Waals surface area contributed by atoms with Gasteiger partial charge in [0.25, 0.3) is 5.91 Å². The second kappa shape index (κ2) is 7.70. The SMILES string of the molecule is O=C(N/N=C\c1c[nH]c2ccccc12)C(c1ccccc1)c1ccccc1. The highest BCUT2D eigenvalue weighted by atomic mass is 16.2. The minimum atomic E-state index is -0.410. The first-order valence-corrected chi connectivity index (χ1v) is 8.82. The van der Waals surface area contributed by atoms with Crippen LogP contribution in [0.4, 0.5) is 0 Å². The van der Waals surface area contributed by atoms with E-state index < -0.39 is 5.92 Å². The van der Waals surface area contributed by atoms with Crippen LogP contribution in [0.3, 0.4) is 0 Å². The van der Waals surface area contributed by atoms with Gasteiger partial charge in [-0.25, -0.2) is 5.43 Å². The molecule has 0 unspecified atom stereocenters. The van der Waals surface area contributed by atoms with Crippen molar-refractivity contribution in [2.75, 3.05) is 0 Å². The molecule has 1 heterocycles. The number of H-pyrrole nitrogens is 1. The molecule has 0 bridgehead atoms. The van der Waals surface area contributed by atoms with Gasteiger partial charge in [0.15, 0.2) is 0 Å². The van der Waals surface area contributed by atoms with E-state index in [1.165, 1.54) is 0 Å². The van der Waals surface area contributed by atoms with Crippen LogP contribution in [-0.2, 0) is 4.79 Å². The molecule has 0 aliphatic carbocycles. The van der Waals surface area contributed by atoms with Gasteiger partial charge in [0.2, 0.25) is 0 Å². The molecule has 0 radical (unpaired) electrons. The van der Waals surface area contributed by atoms with E-state index in [1.807, 2.05) is 91.1 Å². The minimum Gasteiger partial charge on any atom is -0.361 e. The number of aromatic nitrogens is 1. The number of rotatable bonds is 5. The summed E-state index contributed by atoms with van der Waals surface area (Å²) < 4.78 is 0. The Labute approximate surface area is 157 Å². The Morgan fingerprint density at radius 1 is 0.852 bits per heavy atom. The molecule has 132 valence electrons. The molecule has 0 aliphatic heterocycles. The monoisotopic (exact) mass is 353 g/mol. The molecule has 0 aliphatic rings. The van der Waals surface area contributed by atoms with Crippen LogP contribution in [0.5, 0.6) is 0 Å². The maximum atomic E-state index is 12.9. The molecule has 0 atom stereocenters. The molecule has 1 aromatic heterocycles. The lowest BCUT2D eigenvalue weighted by molar-refractivity contribution is -0.121. The predicted octanol–water partition coefficient (Wildman–Crippen LogP) is 4.45. The summed E-state index contributed by atoms with van der Waals surface area (Å²) in [5.41, 5.74) is 6.54. The van der Waals surface area contributed by atoms with E-state index in [2.05, 4.69) is 15.5 Å². The van der Waals surface area contributed by atoms with Crippen molar-refractivity contribution >= 4 is 23.0 Å². The zero-order valence-electron chi connectivity index (χ0n) is 14.7. The lowest BCUT2D eigenvalue weighted by Crippen LogP contribution is -2.26. The van der Waals surface area contributed by atoms with Crippen molar-refractivity contribution in [3.05, 3.63) is 108 Å². The molecule has 0 spiro atoms. The van der Waals surface area contributed by atoms with Crippen molar-refractivity contribution in [1.29, 1.82) is 0 Å². The normalized spacial score (nSPS) is 11.3. The fraction of sp³-hybridized carbons (Fsp3) is 0.0435. The molecular weight excluding hydrogens is 334 g/mol. The first-order valence-electron chi connectivity index (χ1n) is 8.82. The number of fused-ring (bicyclic) bond motifs is 1. The molecule has 1 amide bonds. The number of hydrazone groups is 1. The third kappa shape index (κ3) is 3.65. The van der Waals surface area contributed by atoms with Gasteiger partial charge < -0.3 is 4.98 Å². The second-order valence-corrected chi connectivity index (χ2v) is 6.28. The molecule has 0 fully saturated rings. The maximum absolute atomic E-state index is 12.9. The van der Waals surface area contributed by atoms with Gasteiger partial charge in [0, 0.05) is 22.7 Å². The smallest absolute Gasteiger partial charge is 0.252 e. The summed E-state index contributed by atoms with van der Waals surface area (Å²) in [5.74, 6) is -0.573. The minimum absolute atomic E-state index is 0.163. The van der Waals surface area contributed by atoms with Gasteiger partial charge in [0.1, 0.15) is 0 Å². The molecule has 3 aromatic carbocycles. The summed E-state index contributed by atoms with van der Waals surface area (Å²) in [6.45, 7) is 0. The summed E-state index contributed by atoms with van der Waals surface area (Å²) >= 11 is 0. The highest BCUT2D eigenvalue weighted by Crippen LogP contribution is 2.24. The molecule has 4 nitrogen and oxygen atoms in total. The summed E-state index contributed by atoms with van der Waals surface area (Å²) in [7, 11) is 0. The van der Waals surface area contributed by atoms with E-state index in [1.54, 1.807) is 6.21 Å². The number of aromatic amines is 1. The topological polar surface area (TPSA) is 57.2 Å². The first-order chi connectivity index (χ1) is 13.3. The predicted molar refractivity (Wildman–Crippen MR) is 109 cm³/mol. The van der Waals surface area contributed by atoms with Crippen LogP contribution in [0.2, 0.25) is 0 Å². The van der Waals surface area contributed by atoms with Crippen molar-refractivity contribution in [2.45, 2.75) is 5.92 Å². The van der Waals surface area contributed by atoms with Crippen molar-refractivity contribution in [2.24, 2.45) is 5.10 Å². The highest BCUT2D eigenvalue weighted by molar-refractivity contribution is 5.99. The van der Waals surface area contributed by atoms with Gasteiger partial charge in [-0.15, -0.1) is 0 Å². The van der Waals surface area contributed by atoms with Gasteiger partial charge in [-0.05, 0) is 17.2 Å². The Morgan fingerprint density at radius 2 is 1.44 bits per heavy atom. The highest BCUT2D eigenvalue weighted by Gasteiger charge is 2.22. The van der Waals surface area contributed by atoms with Gasteiger partial charge >= 0.3 is 0 Å². The Balaban J connectivity index is 1.57. The van der Waals surface area contributed by atoms with Crippen LogP contribution in [0.15, 0.2) is 96.2 Å². The van der Waals surface area contributed by atoms with E-state index in [0.29, 0.717) is 0 Å². The molecule has 4 heteroatoms. The number of benzene rings is 3. The van der Waals surface area contributed by atoms with E-state index in [4.69, 9.17) is 0 Å². The standard InChI is InChI=1S/C23H19N3O/c27-23(26-25-16-19-15-24-21-14-8-7-13-20(19)21)22(17-9-3-1-4-10-17)18-11-5-2-6-12-18/h1-16,22,24H,(H,26,27)/b25-16-. The molecular formula is C23H19N3O. The fourth-order valence-corrected chi connectivity index (χ4v) is 3.22. The Hall–Kier alpha value is -3.66. The van der Waals surface area contributed by atoms with Crippen LogP contribution >= 0.6 is 0 Å². The summed E-state index contributed by atoms with van der Waals surface area (Å²) in [6, 6.07) is 27.5. The van der Waals surface area contributed by atoms with Gasteiger partial charge in [0.05, 0.1) is 12.1 Å². The van der Waals surface area contributed by atoms with Crippen molar-refractivity contribution in [3.8, 4) is 0 Å². The molecule has 4 aromatic rings. The molecule has 2 N–H and O–H groups in total. The first kappa shape index (κ1) is 16.8. The number of para-hydroxylation sites is 1. The number of hydrogen-bond donors (Lipinski definition) is 2. The number of amides is 1. The number of nitrogens with one attached hydrogen (secondary N) is 2. The van der Waals surface area contributed by atoms with E-state index >= 15 is 0 Å². The van der Waals surface area contributed by atoms with Crippen molar-refractivity contribution in [1.82, 2.24) is 10.4 Å². The number of carbonyl (C=O) groups excluding carboxylic acids is 1. The molecule has 0 saturated heterocycles. The van der Waals surface area contributed by atoms with Gasteiger partial charge in [-0.1, -0.05) is 78.9 Å².